The van der Waals surface area contributed by atoms with Crippen molar-refractivity contribution in [3.63, 3.8) is 0 Å². The summed E-state index contributed by atoms with van der Waals surface area (Å²) in [7, 11) is 0. The van der Waals surface area contributed by atoms with Gasteiger partial charge < -0.3 is 10.4 Å². The van der Waals surface area contributed by atoms with Gasteiger partial charge in [0.2, 0.25) is 5.91 Å². The predicted octanol–water partition coefficient (Wildman–Crippen LogP) is 2.82. The van der Waals surface area contributed by atoms with Gasteiger partial charge in [0, 0.05) is 25.4 Å². The van der Waals surface area contributed by atoms with E-state index in [9.17, 15) is 9.59 Å². The molecule has 9 heteroatoms. The van der Waals surface area contributed by atoms with Crippen LogP contribution in [0.1, 0.15) is 27.9 Å². The molecule has 0 radical (unpaired) electrons. The van der Waals surface area contributed by atoms with E-state index in [1.165, 1.54) is 22.6 Å². The Morgan fingerprint density at radius 2 is 1.93 bits per heavy atom. The number of nitrogens with one attached hydrogen (secondary N) is 1. The minimum Gasteiger partial charge on any atom is -0.478 e. The molecule has 0 spiro atoms. The third-order valence-corrected chi connectivity index (χ3v) is 4.16. The zero-order chi connectivity index (χ0) is 19.4. The molecule has 0 fully saturated rings. The molecule has 3 aromatic rings. The number of carboxylic acid groups (broad SMARTS) is 1. The Labute approximate surface area is 160 Å². The van der Waals surface area contributed by atoms with E-state index in [0.717, 1.165) is 5.56 Å². The predicted molar refractivity (Wildman–Crippen MR) is 100.0 cm³/mol. The van der Waals surface area contributed by atoms with E-state index in [2.05, 4.69) is 15.5 Å². The van der Waals surface area contributed by atoms with Gasteiger partial charge in [-0.2, -0.15) is 10.2 Å². The molecular formula is C18H18ClN5O3. The Morgan fingerprint density at radius 3 is 2.59 bits per heavy atom. The maximum absolute atomic E-state index is 12.1. The Bertz CT molecular complexity index is 962. The van der Waals surface area contributed by atoms with Crippen molar-refractivity contribution in [3.05, 3.63) is 64.6 Å². The number of halogens is 1. The van der Waals surface area contributed by atoms with Crippen LogP contribution < -0.4 is 5.32 Å². The van der Waals surface area contributed by atoms with Crippen molar-refractivity contribution in [2.24, 2.45) is 0 Å². The van der Waals surface area contributed by atoms with E-state index in [1.54, 1.807) is 10.9 Å². The van der Waals surface area contributed by atoms with E-state index < -0.39 is 5.97 Å². The summed E-state index contributed by atoms with van der Waals surface area (Å²) < 4.78 is 3.07. The molecule has 2 heterocycles. The fraction of sp³-hybridized carbons (Fsp3) is 0.222. The van der Waals surface area contributed by atoms with Gasteiger partial charge in [0.05, 0.1) is 18.3 Å². The van der Waals surface area contributed by atoms with Crippen molar-refractivity contribution in [3.8, 4) is 0 Å². The summed E-state index contributed by atoms with van der Waals surface area (Å²) in [4.78, 5) is 22.9. The van der Waals surface area contributed by atoms with Crippen molar-refractivity contribution in [1.29, 1.82) is 0 Å². The van der Waals surface area contributed by atoms with E-state index in [0.29, 0.717) is 17.4 Å². The van der Waals surface area contributed by atoms with Gasteiger partial charge in [-0.25, -0.2) is 4.79 Å². The van der Waals surface area contributed by atoms with Gasteiger partial charge in [-0.15, -0.1) is 0 Å². The molecule has 0 atom stereocenters. The fourth-order valence-electron chi connectivity index (χ4n) is 2.45. The number of carboxylic acids is 1. The first kappa shape index (κ1) is 18.7. The molecule has 2 N–H and O–H groups in total. The van der Waals surface area contributed by atoms with Crippen LogP contribution in [0.3, 0.4) is 0 Å². The van der Waals surface area contributed by atoms with Crippen LogP contribution in [-0.4, -0.2) is 36.5 Å². The van der Waals surface area contributed by atoms with Crippen LogP contribution in [-0.2, 0) is 17.9 Å². The van der Waals surface area contributed by atoms with Gasteiger partial charge in [0.1, 0.15) is 5.02 Å². The Hall–Kier alpha value is -3.13. The molecule has 0 bridgehead atoms. The summed E-state index contributed by atoms with van der Waals surface area (Å²) in [6.45, 7) is 2.82. The van der Waals surface area contributed by atoms with Crippen LogP contribution in [0, 0.1) is 6.92 Å². The third kappa shape index (κ3) is 4.95. The second-order valence-corrected chi connectivity index (χ2v) is 6.51. The molecule has 8 nitrogen and oxygen atoms in total. The molecule has 2 aromatic heterocycles. The highest BCUT2D eigenvalue weighted by atomic mass is 35.5. The minimum atomic E-state index is -1.06. The lowest BCUT2D eigenvalue weighted by Gasteiger charge is -2.04. The van der Waals surface area contributed by atoms with Crippen molar-refractivity contribution >= 4 is 29.3 Å². The summed E-state index contributed by atoms with van der Waals surface area (Å²) in [5, 5.41) is 20.1. The quantitative estimate of drug-likeness (QED) is 0.649. The molecule has 3 rings (SSSR count). The van der Waals surface area contributed by atoms with Gasteiger partial charge in [0.15, 0.2) is 5.82 Å². The smallest absolute Gasteiger partial charge is 0.338 e. The van der Waals surface area contributed by atoms with Crippen LogP contribution in [0.4, 0.5) is 5.82 Å². The maximum atomic E-state index is 12.1. The van der Waals surface area contributed by atoms with Crippen molar-refractivity contribution < 1.29 is 14.7 Å². The zero-order valence-electron chi connectivity index (χ0n) is 14.6. The number of carbonyl (C=O) groups excluding carboxylic acids is 1. The number of nitrogens with zero attached hydrogens (tertiary/aromatic N) is 4. The summed E-state index contributed by atoms with van der Waals surface area (Å²) in [6.07, 6.45) is 4.38. The van der Waals surface area contributed by atoms with Crippen LogP contribution in [0.2, 0.25) is 5.02 Å². The lowest BCUT2D eigenvalue weighted by atomic mass is 10.1. The van der Waals surface area contributed by atoms with Gasteiger partial charge in [-0.1, -0.05) is 41.4 Å². The number of hydrogen-bond acceptors (Lipinski definition) is 4. The second kappa shape index (κ2) is 8.05. The largest absolute Gasteiger partial charge is 0.478 e. The molecule has 0 aliphatic rings. The standard InChI is InChI=1S/C18H18ClN5O3/c1-12-2-4-13(5-3-12)9-24-11-15(19)17(22-24)21-16(25)6-7-23-10-14(8-20-23)18(26)27/h2-5,8,10-11H,6-7,9H2,1H3,(H,26,27)(H,21,22,25). The molecule has 0 saturated carbocycles. The van der Waals surface area contributed by atoms with Crippen LogP contribution in [0.5, 0.6) is 0 Å². The van der Waals surface area contributed by atoms with Crippen molar-refractivity contribution in [2.75, 3.05) is 5.32 Å². The SMILES string of the molecule is Cc1ccc(Cn2cc(Cl)c(NC(=O)CCn3cc(C(=O)O)cn3)n2)cc1. The van der Waals surface area contributed by atoms with E-state index in [1.807, 2.05) is 31.2 Å². The van der Waals surface area contributed by atoms with Crippen molar-refractivity contribution in [1.82, 2.24) is 19.6 Å². The van der Waals surface area contributed by atoms with Gasteiger partial charge in [0.25, 0.3) is 0 Å². The molecule has 27 heavy (non-hydrogen) atoms. The number of rotatable bonds is 7. The van der Waals surface area contributed by atoms with Gasteiger partial charge in [-0.3, -0.25) is 14.2 Å². The summed E-state index contributed by atoms with van der Waals surface area (Å²) in [5.74, 6) is -1.05. The number of carbonyl (C=O) groups is 2. The first-order valence-electron chi connectivity index (χ1n) is 8.25. The topological polar surface area (TPSA) is 102 Å². The number of aromatic carboxylic acids is 1. The zero-order valence-corrected chi connectivity index (χ0v) is 15.3. The number of anilines is 1. The van der Waals surface area contributed by atoms with E-state index >= 15 is 0 Å². The van der Waals surface area contributed by atoms with Crippen molar-refractivity contribution in [2.45, 2.75) is 26.4 Å². The van der Waals surface area contributed by atoms with Crippen LogP contribution in [0.25, 0.3) is 0 Å². The Morgan fingerprint density at radius 1 is 1.19 bits per heavy atom. The highest BCUT2D eigenvalue weighted by Gasteiger charge is 2.12. The molecule has 1 amide bonds. The van der Waals surface area contributed by atoms with Gasteiger partial charge >= 0.3 is 5.97 Å². The summed E-state index contributed by atoms with van der Waals surface area (Å²) in [5.41, 5.74) is 2.33. The normalized spacial score (nSPS) is 10.7. The lowest BCUT2D eigenvalue weighted by Crippen LogP contribution is -2.15. The lowest BCUT2D eigenvalue weighted by molar-refractivity contribution is -0.116. The number of aromatic nitrogens is 4. The molecule has 0 unspecified atom stereocenters. The number of aryl methyl sites for hydroxylation is 2. The average molecular weight is 388 g/mol. The van der Waals surface area contributed by atoms with Gasteiger partial charge in [-0.05, 0) is 12.5 Å². The number of hydrogen-bond donors (Lipinski definition) is 2. The second-order valence-electron chi connectivity index (χ2n) is 6.10. The number of benzene rings is 1. The minimum absolute atomic E-state index is 0.0771. The highest BCUT2D eigenvalue weighted by molar-refractivity contribution is 6.33. The summed E-state index contributed by atoms with van der Waals surface area (Å²) in [6, 6.07) is 8.07. The maximum Gasteiger partial charge on any atom is 0.338 e. The monoisotopic (exact) mass is 387 g/mol. The highest BCUT2D eigenvalue weighted by Crippen LogP contribution is 2.20. The molecule has 0 saturated heterocycles. The summed E-state index contributed by atoms with van der Waals surface area (Å²) >= 11 is 6.15. The average Bonchev–Trinajstić information content (AvgIpc) is 3.22. The molecule has 140 valence electrons. The first-order chi connectivity index (χ1) is 12.9. The third-order valence-electron chi connectivity index (χ3n) is 3.89. The molecule has 0 aliphatic heterocycles. The number of amides is 1. The first-order valence-corrected chi connectivity index (χ1v) is 8.62. The van der Waals surface area contributed by atoms with Crippen LogP contribution in [0.15, 0.2) is 42.9 Å². The molecular weight excluding hydrogens is 370 g/mol. The van der Waals surface area contributed by atoms with Crippen LogP contribution >= 0.6 is 11.6 Å². The van der Waals surface area contributed by atoms with E-state index in [-0.39, 0.29) is 24.4 Å². The molecule has 0 aliphatic carbocycles. The Balaban J connectivity index is 1.56. The fourth-order valence-corrected chi connectivity index (χ4v) is 2.65. The molecule has 1 aromatic carbocycles. The van der Waals surface area contributed by atoms with E-state index in [4.69, 9.17) is 16.7 Å². The Kier molecular flexibility index (Phi) is 5.56.